The Kier molecular flexibility index (Phi) is 5.48. The molecule has 0 aromatic heterocycles. The van der Waals surface area contributed by atoms with Crippen LogP contribution in [-0.2, 0) is 14.8 Å². The fraction of sp³-hybridized carbons (Fsp3) is 0.167. The fourth-order valence-corrected chi connectivity index (χ4v) is 5.59. The summed E-state index contributed by atoms with van der Waals surface area (Å²) in [6.45, 7) is 3.20. The van der Waals surface area contributed by atoms with Gasteiger partial charge in [-0.2, -0.15) is 0 Å². The summed E-state index contributed by atoms with van der Waals surface area (Å²) in [7, 11) is -3.75. The van der Waals surface area contributed by atoms with Crippen LogP contribution in [0.1, 0.15) is 24.2 Å². The second kappa shape index (κ2) is 8.12. The van der Waals surface area contributed by atoms with E-state index in [1.807, 2.05) is 30.3 Å². The Hall–Kier alpha value is -3.65. The SMILES string of the molecule is CC1(C)CS(=O)(=O)N(c2ccc(C(=O)Nc3ccccc3Oc3ccccc3)cc2)C1=O. The molecule has 32 heavy (non-hydrogen) atoms. The van der Waals surface area contributed by atoms with E-state index in [1.165, 1.54) is 24.3 Å². The van der Waals surface area contributed by atoms with E-state index >= 15 is 0 Å². The minimum atomic E-state index is -3.75. The zero-order chi connectivity index (χ0) is 22.9. The lowest BCUT2D eigenvalue weighted by Gasteiger charge is -2.17. The minimum absolute atomic E-state index is 0.213. The van der Waals surface area contributed by atoms with E-state index in [4.69, 9.17) is 4.74 Å². The standard InChI is InChI=1S/C24H22N2O5S/c1-24(2)16-32(29,30)26(23(24)28)18-14-12-17(13-15-18)22(27)25-20-10-6-7-11-21(20)31-19-8-4-3-5-9-19/h3-15H,16H2,1-2H3,(H,25,27). The number of para-hydroxylation sites is 3. The predicted molar refractivity (Wildman–Crippen MR) is 122 cm³/mol. The van der Waals surface area contributed by atoms with Gasteiger partial charge in [-0.15, -0.1) is 0 Å². The molecule has 1 saturated heterocycles. The largest absolute Gasteiger partial charge is 0.455 e. The van der Waals surface area contributed by atoms with Crippen molar-refractivity contribution in [1.82, 2.24) is 0 Å². The molecule has 0 unspecified atom stereocenters. The Morgan fingerprint density at radius 1 is 0.938 bits per heavy atom. The summed E-state index contributed by atoms with van der Waals surface area (Å²) in [4.78, 5) is 25.3. The summed E-state index contributed by atoms with van der Waals surface area (Å²) >= 11 is 0. The Balaban J connectivity index is 1.53. The average molecular weight is 451 g/mol. The average Bonchev–Trinajstić information content (AvgIpc) is 2.92. The van der Waals surface area contributed by atoms with Gasteiger partial charge in [-0.05, 0) is 62.4 Å². The summed E-state index contributed by atoms with van der Waals surface area (Å²) < 4.78 is 31.6. The molecule has 0 radical (unpaired) electrons. The first-order chi connectivity index (χ1) is 15.2. The number of carbonyl (C=O) groups excluding carboxylic acids is 2. The third kappa shape index (κ3) is 4.22. The van der Waals surface area contributed by atoms with Crippen molar-refractivity contribution in [3.05, 3.63) is 84.4 Å². The lowest BCUT2D eigenvalue weighted by atomic mass is 9.95. The number of anilines is 2. The van der Waals surface area contributed by atoms with Crippen molar-refractivity contribution in [1.29, 1.82) is 0 Å². The number of sulfonamides is 1. The number of rotatable bonds is 5. The van der Waals surface area contributed by atoms with Crippen molar-refractivity contribution in [3.63, 3.8) is 0 Å². The van der Waals surface area contributed by atoms with Crippen LogP contribution < -0.4 is 14.4 Å². The molecule has 8 heteroatoms. The van der Waals surface area contributed by atoms with Crippen LogP contribution in [0.25, 0.3) is 0 Å². The lowest BCUT2D eigenvalue weighted by molar-refractivity contribution is -0.123. The normalized spacial score (nSPS) is 16.6. The Morgan fingerprint density at radius 2 is 1.56 bits per heavy atom. The van der Waals surface area contributed by atoms with Crippen molar-refractivity contribution in [3.8, 4) is 11.5 Å². The van der Waals surface area contributed by atoms with Crippen LogP contribution in [-0.4, -0.2) is 26.0 Å². The maximum Gasteiger partial charge on any atom is 0.255 e. The van der Waals surface area contributed by atoms with Crippen LogP contribution in [0.4, 0.5) is 11.4 Å². The van der Waals surface area contributed by atoms with Crippen molar-refractivity contribution in [2.24, 2.45) is 5.41 Å². The number of benzene rings is 3. The smallest absolute Gasteiger partial charge is 0.255 e. The molecule has 0 aliphatic carbocycles. The van der Waals surface area contributed by atoms with Gasteiger partial charge < -0.3 is 10.1 Å². The highest BCUT2D eigenvalue weighted by atomic mass is 32.2. The van der Waals surface area contributed by atoms with Crippen molar-refractivity contribution in [2.45, 2.75) is 13.8 Å². The maximum absolute atomic E-state index is 12.8. The summed E-state index contributed by atoms with van der Waals surface area (Å²) in [5, 5.41) is 2.81. The molecule has 0 bridgehead atoms. The van der Waals surface area contributed by atoms with Crippen LogP contribution in [0.15, 0.2) is 78.9 Å². The minimum Gasteiger partial charge on any atom is -0.455 e. The molecule has 7 nitrogen and oxygen atoms in total. The first-order valence-electron chi connectivity index (χ1n) is 9.98. The predicted octanol–water partition coefficient (Wildman–Crippen LogP) is 4.43. The first kappa shape index (κ1) is 21.6. The van der Waals surface area contributed by atoms with E-state index in [-0.39, 0.29) is 11.4 Å². The molecule has 3 aromatic rings. The zero-order valence-corrected chi connectivity index (χ0v) is 18.4. The third-order valence-corrected chi connectivity index (χ3v) is 7.07. The number of nitrogens with zero attached hydrogens (tertiary/aromatic N) is 1. The molecule has 1 aliphatic heterocycles. The van der Waals surface area contributed by atoms with Crippen LogP contribution >= 0.6 is 0 Å². The van der Waals surface area contributed by atoms with Gasteiger partial charge >= 0.3 is 0 Å². The van der Waals surface area contributed by atoms with Gasteiger partial charge in [0, 0.05) is 5.56 Å². The van der Waals surface area contributed by atoms with Gasteiger partial charge in [-0.1, -0.05) is 30.3 Å². The summed E-state index contributed by atoms with van der Waals surface area (Å²) in [6, 6.07) is 22.1. The van der Waals surface area contributed by atoms with Gasteiger partial charge in [-0.25, -0.2) is 12.7 Å². The van der Waals surface area contributed by atoms with E-state index in [1.54, 1.807) is 38.1 Å². The van der Waals surface area contributed by atoms with E-state index in [9.17, 15) is 18.0 Å². The second-order valence-corrected chi connectivity index (χ2v) is 9.94. The van der Waals surface area contributed by atoms with E-state index < -0.39 is 27.3 Å². The molecule has 1 fully saturated rings. The van der Waals surface area contributed by atoms with Gasteiger partial charge in [0.15, 0.2) is 5.75 Å². The van der Waals surface area contributed by atoms with E-state index in [2.05, 4.69) is 5.32 Å². The highest BCUT2D eigenvalue weighted by Crippen LogP contribution is 2.36. The van der Waals surface area contributed by atoms with Crippen molar-refractivity contribution < 1.29 is 22.7 Å². The summed E-state index contributed by atoms with van der Waals surface area (Å²) in [5.74, 6) is -0.00451. The zero-order valence-electron chi connectivity index (χ0n) is 17.6. The molecular formula is C24H22N2O5S. The lowest BCUT2D eigenvalue weighted by Crippen LogP contribution is -2.32. The van der Waals surface area contributed by atoms with E-state index in [0.717, 1.165) is 4.31 Å². The maximum atomic E-state index is 12.8. The molecule has 0 saturated carbocycles. The molecule has 0 atom stereocenters. The third-order valence-electron chi connectivity index (χ3n) is 5.06. The number of hydrogen-bond donors (Lipinski definition) is 1. The molecule has 0 spiro atoms. The topological polar surface area (TPSA) is 92.8 Å². The fourth-order valence-electron chi connectivity index (χ4n) is 3.48. The number of nitrogens with one attached hydrogen (secondary N) is 1. The van der Waals surface area contributed by atoms with Crippen LogP contribution in [0, 0.1) is 5.41 Å². The molecule has 1 aliphatic rings. The Bertz CT molecular complexity index is 1270. The quantitative estimate of drug-likeness (QED) is 0.621. The van der Waals surface area contributed by atoms with Crippen LogP contribution in [0.5, 0.6) is 11.5 Å². The van der Waals surface area contributed by atoms with Crippen LogP contribution in [0.2, 0.25) is 0 Å². The molecule has 3 aromatic carbocycles. The van der Waals surface area contributed by atoms with Gasteiger partial charge in [0.1, 0.15) is 5.75 Å². The van der Waals surface area contributed by atoms with Gasteiger partial charge in [0.25, 0.3) is 5.91 Å². The number of hydrogen-bond acceptors (Lipinski definition) is 5. The Morgan fingerprint density at radius 3 is 2.19 bits per heavy atom. The summed E-state index contributed by atoms with van der Waals surface area (Å²) in [6.07, 6.45) is 0. The van der Waals surface area contributed by atoms with Gasteiger partial charge in [-0.3, -0.25) is 9.59 Å². The number of carbonyl (C=O) groups is 2. The van der Waals surface area contributed by atoms with Gasteiger partial charge in [0.2, 0.25) is 15.9 Å². The Labute approximate surface area is 186 Å². The second-order valence-electron chi connectivity index (χ2n) is 8.12. The number of ether oxygens (including phenoxy) is 1. The highest BCUT2D eigenvalue weighted by molar-refractivity contribution is 7.94. The molecule has 1 N–H and O–H groups in total. The molecular weight excluding hydrogens is 428 g/mol. The van der Waals surface area contributed by atoms with Crippen molar-refractivity contribution in [2.75, 3.05) is 15.4 Å². The highest BCUT2D eigenvalue weighted by Gasteiger charge is 2.49. The molecule has 4 rings (SSSR count). The monoisotopic (exact) mass is 450 g/mol. The van der Waals surface area contributed by atoms with Crippen molar-refractivity contribution >= 4 is 33.2 Å². The summed E-state index contributed by atoms with van der Waals surface area (Å²) in [5.41, 5.74) is 0.0261. The molecule has 164 valence electrons. The number of amides is 2. The van der Waals surface area contributed by atoms with Crippen LogP contribution in [0.3, 0.4) is 0 Å². The van der Waals surface area contributed by atoms with Gasteiger partial charge in [0.05, 0.1) is 22.5 Å². The molecule has 2 amide bonds. The van der Waals surface area contributed by atoms with E-state index in [0.29, 0.717) is 22.7 Å². The first-order valence-corrected chi connectivity index (χ1v) is 11.6. The molecule has 1 heterocycles.